The van der Waals surface area contributed by atoms with Crippen molar-refractivity contribution >= 4 is 38.9 Å². The third-order valence-corrected chi connectivity index (χ3v) is 5.65. The van der Waals surface area contributed by atoms with Crippen molar-refractivity contribution in [3.63, 3.8) is 0 Å². The first-order valence-electron chi connectivity index (χ1n) is 5.36. The number of rotatable bonds is 6. The molecule has 1 N–H and O–H groups in total. The maximum Gasteiger partial charge on any atom is 0.252 e. The molecule has 1 heterocycles. The molecule has 0 fully saturated rings. The van der Waals surface area contributed by atoms with Gasteiger partial charge in [0.25, 0.3) is 10.0 Å². The molecule has 8 heteroatoms. The molecule has 0 atom stereocenters. The first-order valence-corrected chi connectivity index (χ1v) is 7.99. The summed E-state index contributed by atoms with van der Waals surface area (Å²) in [7, 11) is -2.26. The van der Waals surface area contributed by atoms with E-state index in [1.165, 1.54) is 19.2 Å². The van der Waals surface area contributed by atoms with E-state index in [0.717, 1.165) is 22.1 Å². The number of hydrogen-bond donors (Lipinski definition) is 1. The first-order chi connectivity index (χ1) is 8.37. The van der Waals surface area contributed by atoms with Crippen LogP contribution in [0.3, 0.4) is 0 Å². The number of nitrogens with one attached hydrogen (secondary N) is 1. The molecule has 1 aromatic heterocycles. The number of carbonyl (C=O) groups excluding carboxylic acids is 1. The summed E-state index contributed by atoms with van der Waals surface area (Å²) < 4.78 is 25.7. The normalized spacial score (nSPS) is 11.8. The largest absolute Gasteiger partial charge is 0.355 e. The second-order valence-corrected chi connectivity index (χ2v) is 7.66. The highest BCUT2D eigenvalue weighted by Gasteiger charge is 2.24. The molecule has 0 aliphatic carbocycles. The summed E-state index contributed by atoms with van der Waals surface area (Å²) in [5.41, 5.74) is 0. The van der Waals surface area contributed by atoms with Crippen molar-refractivity contribution in [1.82, 2.24) is 9.62 Å². The molecule has 0 aromatic carbocycles. The van der Waals surface area contributed by atoms with Gasteiger partial charge < -0.3 is 5.32 Å². The number of sulfonamides is 1. The van der Waals surface area contributed by atoms with Gasteiger partial charge in [0.1, 0.15) is 4.21 Å². The molecule has 1 aromatic rings. The molecular weight excluding hydrogens is 296 g/mol. The molecule has 0 saturated heterocycles. The minimum Gasteiger partial charge on any atom is -0.355 e. The van der Waals surface area contributed by atoms with E-state index in [1.807, 2.05) is 6.92 Å². The van der Waals surface area contributed by atoms with Gasteiger partial charge in [-0.25, -0.2) is 8.42 Å². The Balaban J connectivity index is 2.71. The Morgan fingerprint density at radius 2 is 2.17 bits per heavy atom. The third kappa shape index (κ3) is 3.94. The van der Waals surface area contributed by atoms with Crippen molar-refractivity contribution in [2.75, 3.05) is 20.1 Å². The highest BCUT2D eigenvalue weighted by Crippen LogP contribution is 2.27. The quantitative estimate of drug-likeness (QED) is 0.867. The summed E-state index contributed by atoms with van der Waals surface area (Å²) in [4.78, 5) is 11.5. The maximum absolute atomic E-state index is 12.1. The number of nitrogens with zero attached hydrogens (tertiary/aromatic N) is 1. The molecule has 0 unspecified atom stereocenters. The van der Waals surface area contributed by atoms with Gasteiger partial charge in [-0.05, 0) is 18.6 Å². The Kier molecular flexibility index (Phi) is 5.58. The van der Waals surface area contributed by atoms with E-state index < -0.39 is 10.0 Å². The lowest BCUT2D eigenvalue weighted by Crippen LogP contribution is -2.38. The molecule has 0 saturated carbocycles. The van der Waals surface area contributed by atoms with Crippen LogP contribution in [-0.2, 0) is 14.8 Å². The molecule has 0 bridgehead atoms. The van der Waals surface area contributed by atoms with Crippen LogP contribution in [0.25, 0.3) is 0 Å². The second-order valence-electron chi connectivity index (χ2n) is 3.67. The monoisotopic (exact) mass is 310 g/mol. The number of likely N-dealkylation sites (N-methyl/N-ethyl adjacent to an activating group) is 1. The van der Waals surface area contributed by atoms with E-state index in [9.17, 15) is 13.2 Å². The van der Waals surface area contributed by atoms with Crippen LogP contribution >= 0.6 is 22.9 Å². The molecule has 0 radical (unpaired) electrons. The van der Waals surface area contributed by atoms with Crippen LogP contribution in [0.1, 0.15) is 13.3 Å². The average molecular weight is 311 g/mol. The first kappa shape index (κ1) is 15.4. The lowest BCUT2D eigenvalue weighted by Gasteiger charge is -2.15. The minimum atomic E-state index is -3.63. The van der Waals surface area contributed by atoms with Crippen molar-refractivity contribution in [3.05, 3.63) is 16.5 Å². The van der Waals surface area contributed by atoms with Crippen molar-refractivity contribution in [2.45, 2.75) is 17.6 Å². The Morgan fingerprint density at radius 3 is 2.67 bits per heavy atom. The highest BCUT2D eigenvalue weighted by atomic mass is 35.5. The van der Waals surface area contributed by atoms with Crippen LogP contribution in [0, 0.1) is 0 Å². The molecule has 1 rings (SSSR count). The van der Waals surface area contributed by atoms with Crippen molar-refractivity contribution < 1.29 is 13.2 Å². The zero-order valence-electron chi connectivity index (χ0n) is 10.1. The van der Waals surface area contributed by atoms with Gasteiger partial charge in [0.05, 0.1) is 10.9 Å². The van der Waals surface area contributed by atoms with Gasteiger partial charge in [-0.15, -0.1) is 11.3 Å². The van der Waals surface area contributed by atoms with Crippen molar-refractivity contribution in [3.8, 4) is 0 Å². The summed E-state index contributed by atoms with van der Waals surface area (Å²) in [5, 5.41) is 2.62. The number of amides is 1. The summed E-state index contributed by atoms with van der Waals surface area (Å²) in [6.45, 7) is 2.27. The Bertz CT molecular complexity index is 513. The average Bonchev–Trinajstić information content (AvgIpc) is 2.73. The van der Waals surface area contributed by atoms with Gasteiger partial charge in [-0.3, -0.25) is 4.79 Å². The van der Waals surface area contributed by atoms with E-state index >= 15 is 0 Å². The standard InChI is InChI=1S/C10H15ClN2O3S2/c1-3-6-12-9(14)7-13(2)18(15,16)10-5-4-8(11)17-10/h4-5H,3,6-7H2,1-2H3,(H,12,14). The van der Waals surface area contributed by atoms with Crippen LogP contribution in [0.2, 0.25) is 4.34 Å². The highest BCUT2D eigenvalue weighted by molar-refractivity contribution is 7.91. The topological polar surface area (TPSA) is 66.5 Å². The lowest BCUT2D eigenvalue weighted by atomic mass is 10.4. The number of halogens is 1. The van der Waals surface area contributed by atoms with E-state index in [-0.39, 0.29) is 16.7 Å². The van der Waals surface area contributed by atoms with Crippen molar-refractivity contribution in [1.29, 1.82) is 0 Å². The van der Waals surface area contributed by atoms with Gasteiger partial charge in [0.2, 0.25) is 5.91 Å². The van der Waals surface area contributed by atoms with E-state index in [2.05, 4.69) is 5.32 Å². The van der Waals surface area contributed by atoms with Gasteiger partial charge in [-0.1, -0.05) is 18.5 Å². The predicted molar refractivity (Wildman–Crippen MR) is 72.4 cm³/mol. The Hall–Kier alpha value is -0.630. The fraction of sp³-hybridized carbons (Fsp3) is 0.500. The predicted octanol–water partition coefficient (Wildman–Crippen LogP) is 1.55. The van der Waals surface area contributed by atoms with Crippen molar-refractivity contribution in [2.24, 2.45) is 0 Å². The third-order valence-electron chi connectivity index (χ3n) is 2.15. The smallest absolute Gasteiger partial charge is 0.252 e. The van der Waals surface area contributed by atoms with Gasteiger partial charge in [-0.2, -0.15) is 4.31 Å². The molecule has 0 spiro atoms. The van der Waals surface area contributed by atoms with Crippen LogP contribution in [0.4, 0.5) is 0 Å². The Morgan fingerprint density at radius 1 is 1.50 bits per heavy atom. The van der Waals surface area contributed by atoms with Gasteiger partial charge in [0, 0.05) is 13.6 Å². The Labute approximate surface area is 116 Å². The number of thiophene rings is 1. The SMILES string of the molecule is CCCNC(=O)CN(C)S(=O)(=O)c1ccc(Cl)s1. The summed E-state index contributed by atoms with van der Waals surface area (Å²) in [5.74, 6) is -0.314. The maximum atomic E-state index is 12.1. The second kappa shape index (κ2) is 6.51. The molecule has 1 amide bonds. The van der Waals surface area contributed by atoms with Crippen LogP contribution in [0.15, 0.2) is 16.3 Å². The van der Waals surface area contributed by atoms with E-state index in [1.54, 1.807) is 0 Å². The zero-order chi connectivity index (χ0) is 13.8. The molecule has 18 heavy (non-hydrogen) atoms. The minimum absolute atomic E-state index is 0.137. The molecule has 5 nitrogen and oxygen atoms in total. The summed E-state index contributed by atoms with van der Waals surface area (Å²) >= 11 is 6.67. The fourth-order valence-electron chi connectivity index (χ4n) is 1.20. The van der Waals surface area contributed by atoms with E-state index in [4.69, 9.17) is 11.6 Å². The number of hydrogen-bond acceptors (Lipinski definition) is 4. The van der Waals surface area contributed by atoms with Gasteiger partial charge in [0.15, 0.2) is 0 Å². The zero-order valence-corrected chi connectivity index (χ0v) is 12.5. The van der Waals surface area contributed by atoms with Crippen LogP contribution < -0.4 is 5.32 Å². The summed E-state index contributed by atoms with van der Waals surface area (Å²) in [6, 6.07) is 2.95. The molecule has 102 valence electrons. The van der Waals surface area contributed by atoms with E-state index in [0.29, 0.717) is 10.9 Å². The lowest BCUT2D eigenvalue weighted by molar-refractivity contribution is -0.121. The van der Waals surface area contributed by atoms with Crippen LogP contribution in [-0.4, -0.2) is 38.8 Å². The van der Waals surface area contributed by atoms with Crippen LogP contribution in [0.5, 0.6) is 0 Å². The molecular formula is C10H15ClN2O3S2. The molecule has 0 aliphatic heterocycles. The molecule has 0 aliphatic rings. The van der Waals surface area contributed by atoms with Gasteiger partial charge >= 0.3 is 0 Å². The fourth-order valence-corrected chi connectivity index (χ4v) is 4.02. The number of carbonyl (C=O) groups is 1. The summed E-state index contributed by atoms with van der Waals surface area (Å²) in [6.07, 6.45) is 0.808.